The van der Waals surface area contributed by atoms with Gasteiger partial charge in [-0.25, -0.2) is 9.40 Å². The zero-order valence-corrected chi connectivity index (χ0v) is 13.2. The second-order valence-electron chi connectivity index (χ2n) is 6.26. The number of nitrogens with zero attached hydrogens (tertiary/aromatic N) is 2. The van der Waals surface area contributed by atoms with Gasteiger partial charge in [0.05, 0.1) is 12.6 Å². The Hall–Kier alpha value is -2.28. The highest BCUT2D eigenvalue weighted by atomic mass is 19.1. The Morgan fingerprint density at radius 2 is 2.04 bits per heavy atom. The normalized spacial score (nSPS) is 24.0. The summed E-state index contributed by atoms with van der Waals surface area (Å²) in [7, 11) is 0. The van der Waals surface area contributed by atoms with Crippen LogP contribution in [0.5, 0.6) is 0 Å². The number of hydrogen-bond donors (Lipinski definition) is 2. The van der Waals surface area contributed by atoms with Gasteiger partial charge in [0.15, 0.2) is 0 Å². The average Bonchev–Trinajstić information content (AvgIpc) is 2.96. The van der Waals surface area contributed by atoms with Gasteiger partial charge < -0.3 is 10.4 Å². The number of hydrazone groups is 1. The molecule has 2 aliphatic rings. The first-order chi connectivity index (χ1) is 11.5. The molecule has 0 unspecified atom stereocenters. The predicted octanol–water partition coefficient (Wildman–Crippen LogP) is 1.33. The van der Waals surface area contributed by atoms with Gasteiger partial charge in [0.25, 0.3) is 5.91 Å². The molecule has 1 heterocycles. The molecule has 2 atom stereocenters. The number of aliphatic hydroxyl groups excluding tert-OH is 1. The van der Waals surface area contributed by atoms with Crippen molar-refractivity contribution in [2.75, 3.05) is 0 Å². The standard InChI is InChI=1S/C17H20FN3O3/c18-12-3-1-11(2-4-12)10-21-16(23)8-7-15(20-21)17(24)19-13-5-6-14(22)9-13/h1-4,13-14,22H,5-10H2,(H,19,24)/t13-,14+/m0/s1. The van der Waals surface area contributed by atoms with Crippen molar-refractivity contribution in [1.29, 1.82) is 0 Å². The minimum absolute atomic E-state index is 0.0432. The van der Waals surface area contributed by atoms with Crippen LogP contribution < -0.4 is 5.32 Å². The number of benzene rings is 1. The van der Waals surface area contributed by atoms with Crippen molar-refractivity contribution < 1.29 is 19.1 Å². The number of amides is 2. The Morgan fingerprint density at radius 1 is 1.29 bits per heavy atom. The van der Waals surface area contributed by atoms with Crippen LogP contribution in [0.3, 0.4) is 0 Å². The summed E-state index contributed by atoms with van der Waals surface area (Å²) in [5.74, 6) is -0.788. The van der Waals surface area contributed by atoms with Crippen LogP contribution in [0.4, 0.5) is 4.39 Å². The Morgan fingerprint density at radius 3 is 2.71 bits per heavy atom. The van der Waals surface area contributed by atoms with Crippen molar-refractivity contribution in [3.05, 3.63) is 35.6 Å². The van der Waals surface area contributed by atoms with Gasteiger partial charge >= 0.3 is 0 Å². The Labute approximate surface area is 139 Å². The van der Waals surface area contributed by atoms with Crippen LogP contribution in [0, 0.1) is 5.82 Å². The van der Waals surface area contributed by atoms with Crippen LogP contribution in [0.2, 0.25) is 0 Å². The molecule has 2 N–H and O–H groups in total. The molecule has 1 aromatic carbocycles. The summed E-state index contributed by atoms with van der Waals surface area (Å²) >= 11 is 0. The van der Waals surface area contributed by atoms with Crippen LogP contribution in [-0.2, 0) is 16.1 Å². The number of rotatable bonds is 4. The monoisotopic (exact) mass is 333 g/mol. The summed E-state index contributed by atoms with van der Waals surface area (Å²) in [5.41, 5.74) is 1.06. The highest BCUT2D eigenvalue weighted by Crippen LogP contribution is 2.19. The molecule has 128 valence electrons. The molecule has 1 aromatic rings. The second-order valence-corrected chi connectivity index (χ2v) is 6.26. The number of hydrogen-bond acceptors (Lipinski definition) is 4. The van der Waals surface area contributed by atoms with Crippen LogP contribution in [-0.4, -0.2) is 39.8 Å². The summed E-state index contributed by atoms with van der Waals surface area (Å²) in [5, 5.41) is 17.8. The number of halogens is 1. The van der Waals surface area contributed by atoms with Crippen molar-refractivity contribution in [3.63, 3.8) is 0 Å². The van der Waals surface area contributed by atoms with Gasteiger partial charge in [-0.3, -0.25) is 9.59 Å². The van der Waals surface area contributed by atoms with Crippen LogP contribution in [0.15, 0.2) is 29.4 Å². The number of aliphatic hydroxyl groups is 1. The molecule has 0 spiro atoms. The maximum absolute atomic E-state index is 13.0. The lowest BCUT2D eigenvalue weighted by molar-refractivity contribution is -0.132. The fourth-order valence-corrected chi connectivity index (χ4v) is 3.01. The highest BCUT2D eigenvalue weighted by Gasteiger charge is 2.28. The quantitative estimate of drug-likeness (QED) is 0.872. The number of nitrogens with one attached hydrogen (secondary N) is 1. The van der Waals surface area contributed by atoms with Crippen LogP contribution in [0.25, 0.3) is 0 Å². The molecule has 2 amide bonds. The summed E-state index contributed by atoms with van der Waals surface area (Å²) in [4.78, 5) is 24.3. The van der Waals surface area contributed by atoms with E-state index in [1.54, 1.807) is 12.1 Å². The predicted molar refractivity (Wildman–Crippen MR) is 85.4 cm³/mol. The van der Waals surface area contributed by atoms with Gasteiger partial charge in [0, 0.05) is 18.9 Å². The molecule has 1 saturated carbocycles. The van der Waals surface area contributed by atoms with E-state index in [1.807, 2.05) is 0 Å². The maximum atomic E-state index is 13.0. The minimum Gasteiger partial charge on any atom is -0.393 e. The fourth-order valence-electron chi connectivity index (χ4n) is 3.01. The molecule has 24 heavy (non-hydrogen) atoms. The van der Waals surface area contributed by atoms with Gasteiger partial charge in [0.1, 0.15) is 11.5 Å². The van der Waals surface area contributed by atoms with E-state index in [4.69, 9.17) is 0 Å². The number of carbonyl (C=O) groups is 2. The smallest absolute Gasteiger partial charge is 0.267 e. The minimum atomic E-state index is -0.361. The van der Waals surface area contributed by atoms with E-state index < -0.39 is 0 Å². The summed E-state index contributed by atoms with van der Waals surface area (Å²) < 4.78 is 13.0. The third kappa shape index (κ3) is 3.97. The average molecular weight is 333 g/mol. The summed E-state index contributed by atoms with van der Waals surface area (Å²) in [6, 6.07) is 5.79. The molecule has 1 aliphatic heterocycles. The van der Waals surface area contributed by atoms with E-state index >= 15 is 0 Å². The lowest BCUT2D eigenvalue weighted by Crippen LogP contribution is -2.42. The first-order valence-corrected chi connectivity index (χ1v) is 8.12. The second kappa shape index (κ2) is 7.09. The van der Waals surface area contributed by atoms with E-state index in [-0.39, 0.29) is 42.7 Å². The number of carbonyl (C=O) groups excluding carboxylic acids is 2. The molecule has 1 fully saturated rings. The largest absolute Gasteiger partial charge is 0.393 e. The van der Waals surface area contributed by atoms with Crippen LogP contribution in [0.1, 0.15) is 37.7 Å². The molecule has 0 saturated heterocycles. The van der Waals surface area contributed by atoms with Gasteiger partial charge in [0.2, 0.25) is 5.91 Å². The Bertz CT molecular complexity index is 660. The van der Waals surface area contributed by atoms with E-state index in [1.165, 1.54) is 17.1 Å². The topological polar surface area (TPSA) is 82.0 Å². The third-order valence-electron chi connectivity index (χ3n) is 4.35. The SMILES string of the molecule is O=C(N[C@H]1CC[C@@H](O)C1)C1=NN(Cc2ccc(F)cc2)C(=O)CC1. The molecule has 3 rings (SSSR count). The molecule has 0 radical (unpaired) electrons. The van der Waals surface area contributed by atoms with Gasteiger partial charge in [-0.15, -0.1) is 0 Å². The Kier molecular flexibility index (Phi) is 4.89. The van der Waals surface area contributed by atoms with Crippen molar-refractivity contribution in [1.82, 2.24) is 10.3 Å². The summed E-state index contributed by atoms with van der Waals surface area (Å²) in [6.07, 6.45) is 2.16. The lowest BCUT2D eigenvalue weighted by atomic mass is 10.1. The lowest BCUT2D eigenvalue weighted by Gasteiger charge is -2.24. The van der Waals surface area contributed by atoms with E-state index in [0.29, 0.717) is 25.0 Å². The molecule has 0 bridgehead atoms. The molecule has 1 aliphatic carbocycles. The van der Waals surface area contributed by atoms with E-state index in [0.717, 1.165) is 12.0 Å². The summed E-state index contributed by atoms with van der Waals surface area (Å²) in [6.45, 7) is 0.206. The first kappa shape index (κ1) is 16.6. The van der Waals surface area contributed by atoms with Gasteiger partial charge in [-0.2, -0.15) is 5.10 Å². The first-order valence-electron chi connectivity index (χ1n) is 8.12. The molecule has 6 nitrogen and oxygen atoms in total. The maximum Gasteiger partial charge on any atom is 0.267 e. The molecular weight excluding hydrogens is 313 g/mol. The molecular formula is C17H20FN3O3. The van der Waals surface area contributed by atoms with Crippen LogP contribution >= 0.6 is 0 Å². The third-order valence-corrected chi connectivity index (χ3v) is 4.35. The highest BCUT2D eigenvalue weighted by molar-refractivity contribution is 6.39. The van der Waals surface area contributed by atoms with E-state index in [9.17, 15) is 19.1 Å². The molecule has 0 aromatic heterocycles. The van der Waals surface area contributed by atoms with Crippen molar-refractivity contribution in [2.24, 2.45) is 5.10 Å². The molecule has 7 heteroatoms. The van der Waals surface area contributed by atoms with Gasteiger partial charge in [-0.1, -0.05) is 12.1 Å². The Balaban J connectivity index is 1.65. The van der Waals surface area contributed by atoms with Crippen molar-refractivity contribution in [3.8, 4) is 0 Å². The van der Waals surface area contributed by atoms with E-state index in [2.05, 4.69) is 10.4 Å². The van der Waals surface area contributed by atoms with Crippen molar-refractivity contribution >= 4 is 17.5 Å². The zero-order chi connectivity index (χ0) is 17.1. The fraction of sp³-hybridized carbons (Fsp3) is 0.471. The van der Waals surface area contributed by atoms with Crippen molar-refractivity contribution in [2.45, 2.75) is 50.8 Å². The van der Waals surface area contributed by atoms with Gasteiger partial charge in [-0.05, 0) is 37.0 Å². The zero-order valence-electron chi connectivity index (χ0n) is 13.2.